The summed E-state index contributed by atoms with van der Waals surface area (Å²) in [5.74, 6) is -1.81. The van der Waals surface area contributed by atoms with E-state index in [4.69, 9.17) is 15.6 Å². The average molecular weight is 237 g/mol. The number of esters is 1. The molecule has 0 radical (unpaired) electrons. The van der Waals surface area contributed by atoms with E-state index in [0.717, 1.165) is 0 Å². The third-order valence-corrected chi connectivity index (χ3v) is 2.49. The summed E-state index contributed by atoms with van der Waals surface area (Å²) in [6.07, 6.45) is -0.897. The van der Waals surface area contributed by atoms with Crippen LogP contribution in [0.2, 0.25) is 0 Å². The van der Waals surface area contributed by atoms with E-state index in [9.17, 15) is 9.59 Å². The van der Waals surface area contributed by atoms with Crippen molar-refractivity contribution in [1.82, 2.24) is 0 Å². The van der Waals surface area contributed by atoms with Crippen molar-refractivity contribution in [2.75, 3.05) is 5.73 Å². The molecular weight excluding hydrogens is 222 g/mol. The average Bonchev–Trinajstić information content (AvgIpc) is 2.28. The molecule has 0 aliphatic carbocycles. The van der Waals surface area contributed by atoms with Gasteiger partial charge in [-0.15, -0.1) is 0 Å². The predicted octanol–water partition coefficient (Wildman–Crippen LogP) is 1.60. The quantitative estimate of drug-likeness (QED) is 0.613. The Hall–Kier alpha value is -2.04. The highest BCUT2D eigenvalue weighted by molar-refractivity contribution is 5.94. The maximum atomic E-state index is 11.8. The molecule has 0 saturated heterocycles. The van der Waals surface area contributed by atoms with E-state index in [1.54, 1.807) is 32.0 Å². The van der Waals surface area contributed by atoms with Crippen LogP contribution in [0.3, 0.4) is 0 Å². The Morgan fingerprint density at radius 3 is 2.65 bits per heavy atom. The van der Waals surface area contributed by atoms with Crippen molar-refractivity contribution < 1.29 is 19.4 Å². The zero-order valence-electron chi connectivity index (χ0n) is 9.77. The number of aliphatic carboxylic acids is 1. The van der Waals surface area contributed by atoms with Gasteiger partial charge in [-0.3, -0.25) is 0 Å². The minimum atomic E-state index is -1.15. The highest BCUT2D eigenvalue weighted by atomic mass is 16.6. The van der Waals surface area contributed by atoms with Gasteiger partial charge < -0.3 is 15.6 Å². The fourth-order valence-electron chi connectivity index (χ4n) is 1.38. The number of carboxylic acids is 1. The van der Waals surface area contributed by atoms with Gasteiger partial charge in [-0.2, -0.15) is 0 Å². The van der Waals surface area contributed by atoms with Crippen molar-refractivity contribution in [3.05, 3.63) is 29.3 Å². The highest BCUT2D eigenvalue weighted by Crippen LogP contribution is 2.17. The molecule has 1 rings (SSSR count). The van der Waals surface area contributed by atoms with Gasteiger partial charge in [0.2, 0.25) is 0 Å². The van der Waals surface area contributed by atoms with Crippen LogP contribution < -0.4 is 5.73 Å². The summed E-state index contributed by atoms with van der Waals surface area (Å²) in [4.78, 5) is 22.5. The van der Waals surface area contributed by atoms with Gasteiger partial charge in [-0.05, 0) is 31.0 Å². The van der Waals surface area contributed by atoms with Gasteiger partial charge in [0, 0.05) is 5.69 Å². The van der Waals surface area contributed by atoms with Gasteiger partial charge in [-0.25, -0.2) is 9.59 Å². The standard InChI is InChI=1S/C12H15NO4/c1-3-10(11(14)15)17-12(16)8-5-4-6-9(13)7(8)2/h4-6,10H,3,13H2,1-2H3,(H,14,15). The number of nitrogen functional groups attached to an aromatic ring is 1. The molecule has 0 heterocycles. The van der Waals surface area contributed by atoms with E-state index in [-0.39, 0.29) is 6.42 Å². The Bertz CT molecular complexity index is 442. The summed E-state index contributed by atoms with van der Waals surface area (Å²) in [6, 6.07) is 4.85. The first kappa shape index (κ1) is 13.0. The SMILES string of the molecule is CCC(OC(=O)c1cccc(N)c1C)C(=O)O. The van der Waals surface area contributed by atoms with Gasteiger partial charge in [0.05, 0.1) is 5.56 Å². The molecule has 0 aliphatic rings. The zero-order chi connectivity index (χ0) is 13.0. The molecule has 1 atom stereocenters. The van der Waals surface area contributed by atoms with Crippen LogP contribution in [0.25, 0.3) is 0 Å². The molecule has 5 heteroatoms. The number of ether oxygens (including phenoxy) is 1. The second-order valence-electron chi connectivity index (χ2n) is 3.66. The van der Waals surface area contributed by atoms with Crippen LogP contribution in [0.1, 0.15) is 29.3 Å². The third kappa shape index (κ3) is 2.96. The number of benzene rings is 1. The van der Waals surface area contributed by atoms with Gasteiger partial charge in [0.15, 0.2) is 6.10 Å². The minimum Gasteiger partial charge on any atom is -0.479 e. The first-order chi connectivity index (χ1) is 7.97. The lowest BCUT2D eigenvalue weighted by molar-refractivity contribution is -0.147. The van der Waals surface area contributed by atoms with E-state index < -0.39 is 18.0 Å². The topological polar surface area (TPSA) is 89.6 Å². The summed E-state index contributed by atoms with van der Waals surface area (Å²) < 4.78 is 4.89. The molecule has 0 spiro atoms. The predicted molar refractivity (Wildman–Crippen MR) is 62.7 cm³/mol. The monoisotopic (exact) mass is 237 g/mol. The largest absolute Gasteiger partial charge is 0.479 e. The Balaban J connectivity index is 2.90. The molecule has 0 bridgehead atoms. The number of nitrogens with two attached hydrogens (primary N) is 1. The van der Waals surface area contributed by atoms with Crippen molar-refractivity contribution >= 4 is 17.6 Å². The summed E-state index contributed by atoms with van der Waals surface area (Å²) in [5, 5.41) is 8.79. The van der Waals surface area contributed by atoms with Gasteiger partial charge in [0.25, 0.3) is 0 Å². The van der Waals surface area contributed by atoms with Crippen LogP contribution in [0.4, 0.5) is 5.69 Å². The van der Waals surface area contributed by atoms with Crippen molar-refractivity contribution in [2.24, 2.45) is 0 Å². The molecule has 17 heavy (non-hydrogen) atoms. The van der Waals surface area contributed by atoms with Crippen molar-refractivity contribution in [3.8, 4) is 0 Å². The molecule has 1 aromatic rings. The Kier molecular flexibility index (Phi) is 4.09. The molecule has 0 amide bonds. The molecule has 0 fully saturated rings. The molecule has 0 aliphatic heterocycles. The smallest absolute Gasteiger partial charge is 0.345 e. The molecule has 5 nitrogen and oxygen atoms in total. The van der Waals surface area contributed by atoms with Crippen LogP contribution in [-0.4, -0.2) is 23.1 Å². The zero-order valence-corrected chi connectivity index (χ0v) is 9.77. The second kappa shape index (κ2) is 5.34. The lowest BCUT2D eigenvalue weighted by Gasteiger charge is -2.13. The summed E-state index contributed by atoms with van der Waals surface area (Å²) in [7, 11) is 0. The van der Waals surface area contributed by atoms with Crippen LogP contribution >= 0.6 is 0 Å². The summed E-state index contributed by atoms with van der Waals surface area (Å²) in [6.45, 7) is 3.33. The van der Waals surface area contributed by atoms with E-state index >= 15 is 0 Å². The Labute approximate surface area is 99.2 Å². The molecule has 92 valence electrons. The molecule has 1 aromatic carbocycles. The molecule has 0 saturated carbocycles. The van der Waals surface area contributed by atoms with E-state index in [2.05, 4.69) is 0 Å². The number of hydrogen-bond acceptors (Lipinski definition) is 4. The molecule has 0 aromatic heterocycles. The van der Waals surface area contributed by atoms with Gasteiger partial charge in [-0.1, -0.05) is 13.0 Å². The maximum absolute atomic E-state index is 11.8. The lowest BCUT2D eigenvalue weighted by atomic mass is 10.1. The highest BCUT2D eigenvalue weighted by Gasteiger charge is 2.22. The fourth-order valence-corrected chi connectivity index (χ4v) is 1.38. The number of rotatable bonds is 4. The number of anilines is 1. The van der Waals surface area contributed by atoms with Crippen molar-refractivity contribution in [3.63, 3.8) is 0 Å². The van der Waals surface area contributed by atoms with Gasteiger partial charge in [0.1, 0.15) is 0 Å². The Morgan fingerprint density at radius 1 is 1.47 bits per heavy atom. The fraction of sp³-hybridized carbons (Fsp3) is 0.333. The van der Waals surface area contributed by atoms with E-state index in [1.807, 2.05) is 0 Å². The Morgan fingerprint density at radius 2 is 2.12 bits per heavy atom. The summed E-state index contributed by atoms with van der Waals surface area (Å²) >= 11 is 0. The first-order valence-electron chi connectivity index (χ1n) is 5.26. The third-order valence-electron chi connectivity index (χ3n) is 2.49. The molecule has 1 unspecified atom stereocenters. The molecular formula is C12H15NO4. The van der Waals surface area contributed by atoms with Crippen LogP contribution in [0.5, 0.6) is 0 Å². The van der Waals surface area contributed by atoms with E-state index in [0.29, 0.717) is 16.8 Å². The van der Waals surface area contributed by atoms with Crippen molar-refractivity contribution in [1.29, 1.82) is 0 Å². The first-order valence-corrected chi connectivity index (χ1v) is 5.26. The number of hydrogen-bond donors (Lipinski definition) is 2. The number of carbonyl (C=O) groups excluding carboxylic acids is 1. The number of carbonyl (C=O) groups is 2. The van der Waals surface area contributed by atoms with Crippen LogP contribution in [0.15, 0.2) is 18.2 Å². The second-order valence-corrected chi connectivity index (χ2v) is 3.66. The number of carboxylic acid groups (broad SMARTS) is 1. The van der Waals surface area contributed by atoms with E-state index in [1.165, 1.54) is 0 Å². The van der Waals surface area contributed by atoms with Crippen LogP contribution in [0, 0.1) is 6.92 Å². The van der Waals surface area contributed by atoms with Gasteiger partial charge >= 0.3 is 11.9 Å². The minimum absolute atomic E-state index is 0.225. The maximum Gasteiger partial charge on any atom is 0.345 e. The molecule has 3 N–H and O–H groups in total. The summed E-state index contributed by atoms with van der Waals surface area (Å²) in [5.41, 5.74) is 7.02. The normalized spacial score (nSPS) is 11.9. The van der Waals surface area contributed by atoms with Crippen LogP contribution in [-0.2, 0) is 9.53 Å². The lowest BCUT2D eigenvalue weighted by Crippen LogP contribution is -2.26. The van der Waals surface area contributed by atoms with Crippen molar-refractivity contribution in [2.45, 2.75) is 26.4 Å².